The molecule has 33 heavy (non-hydrogen) atoms. The molecule has 0 spiro atoms. The highest BCUT2D eigenvalue weighted by molar-refractivity contribution is 6.33. The minimum Gasteiger partial charge on any atom is -0.441 e. The molecule has 176 valence electrons. The van der Waals surface area contributed by atoms with Crippen LogP contribution in [-0.4, -0.2) is 25.7 Å². The fraction of sp³-hybridized carbons (Fsp3) is 0.368. The molecule has 1 N–H and O–H groups in total. The number of pyridine rings is 1. The summed E-state index contributed by atoms with van der Waals surface area (Å²) in [6.07, 6.45) is -7.23. The molecule has 1 amide bonds. The lowest BCUT2D eigenvalue weighted by molar-refractivity contribution is -0.142. The van der Waals surface area contributed by atoms with Crippen LogP contribution in [0.1, 0.15) is 52.2 Å². The number of halogens is 7. The molecule has 0 bridgehead atoms. The topological polar surface area (TPSA) is 85.8 Å². The van der Waals surface area contributed by atoms with Gasteiger partial charge in [0.05, 0.1) is 16.6 Å². The Balaban J connectivity index is 1.63. The van der Waals surface area contributed by atoms with Crippen molar-refractivity contribution in [2.75, 3.05) is 0 Å². The normalized spacial score (nSPS) is 16.5. The maximum absolute atomic E-state index is 13.0. The molecule has 0 aliphatic heterocycles. The minimum atomic E-state index is -4.71. The molecule has 1 aliphatic rings. The first-order valence-electron chi connectivity index (χ1n) is 9.49. The molecule has 14 heteroatoms. The smallest absolute Gasteiger partial charge is 0.435 e. The van der Waals surface area contributed by atoms with Gasteiger partial charge in [0.2, 0.25) is 5.89 Å². The Kier molecular flexibility index (Phi) is 5.63. The number of aryl methyl sites for hydroxylation is 2. The first-order chi connectivity index (χ1) is 15.3. The second-order valence-corrected chi connectivity index (χ2v) is 7.74. The Morgan fingerprint density at radius 1 is 1.18 bits per heavy atom. The fourth-order valence-electron chi connectivity index (χ4n) is 3.48. The van der Waals surface area contributed by atoms with E-state index in [0.717, 1.165) is 10.9 Å². The number of aromatic nitrogens is 4. The SMILES string of the molecule is Cn1nc(C(F)(F)F)cc1C(=O)N[C@H]1CCCc2oc(-c3cc(C(F)(F)F)ncc3Cl)nc21. The van der Waals surface area contributed by atoms with Crippen molar-refractivity contribution >= 4 is 17.5 Å². The summed E-state index contributed by atoms with van der Waals surface area (Å²) >= 11 is 6.00. The summed E-state index contributed by atoms with van der Waals surface area (Å²) in [5, 5.41) is 5.79. The summed E-state index contributed by atoms with van der Waals surface area (Å²) < 4.78 is 84.2. The lowest BCUT2D eigenvalue weighted by atomic mass is 9.96. The maximum Gasteiger partial charge on any atom is 0.435 e. The monoisotopic (exact) mass is 493 g/mol. The third-order valence-electron chi connectivity index (χ3n) is 5.04. The quantitative estimate of drug-likeness (QED) is 0.521. The van der Waals surface area contributed by atoms with Crippen LogP contribution >= 0.6 is 11.6 Å². The van der Waals surface area contributed by atoms with Gasteiger partial charge in [-0.25, -0.2) is 4.98 Å². The van der Waals surface area contributed by atoms with Crippen LogP contribution in [0.25, 0.3) is 11.5 Å². The average Bonchev–Trinajstić information content (AvgIpc) is 3.31. The van der Waals surface area contributed by atoms with Gasteiger partial charge in [-0.15, -0.1) is 0 Å². The van der Waals surface area contributed by atoms with Crippen LogP contribution in [0.3, 0.4) is 0 Å². The third-order valence-corrected chi connectivity index (χ3v) is 5.34. The van der Waals surface area contributed by atoms with Gasteiger partial charge in [0.15, 0.2) is 5.69 Å². The van der Waals surface area contributed by atoms with E-state index in [1.807, 2.05) is 0 Å². The van der Waals surface area contributed by atoms with E-state index in [1.165, 1.54) is 7.05 Å². The summed E-state index contributed by atoms with van der Waals surface area (Å²) in [4.78, 5) is 20.1. The molecule has 1 aliphatic carbocycles. The maximum atomic E-state index is 13.0. The summed E-state index contributed by atoms with van der Waals surface area (Å²) in [6, 6.07) is 0.607. The van der Waals surface area contributed by atoms with Crippen LogP contribution in [0.5, 0.6) is 0 Å². The molecule has 3 heterocycles. The zero-order valence-electron chi connectivity index (χ0n) is 16.7. The number of nitrogens with zero attached hydrogens (tertiary/aromatic N) is 4. The highest BCUT2D eigenvalue weighted by Crippen LogP contribution is 2.38. The molecule has 1 atom stereocenters. The van der Waals surface area contributed by atoms with Gasteiger partial charge in [0.1, 0.15) is 22.8 Å². The van der Waals surface area contributed by atoms with Crippen molar-refractivity contribution in [1.29, 1.82) is 0 Å². The highest BCUT2D eigenvalue weighted by Gasteiger charge is 2.37. The highest BCUT2D eigenvalue weighted by atomic mass is 35.5. The van der Waals surface area contributed by atoms with Crippen molar-refractivity contribution in [2.45, 2.75) is 37.7 Å². The molecule has 0 fully saturated rings. The van der Waals surface area contributed by atoms with E-state index in [1.54, 1.807) is 0 Å². The second-order valence-electron chi connectivity index (χ2n) is 7.33. The summed E-state index contributed by atoms with van der Waals surface area (Å²) in [6.45, 7) is 0. The molecule has 0 unspecified atom stereocenters. The zero-order valence-corrected chi connectivity index (χ0v) is 17.4. The van der Waals surface area contributed by atoms with Crippen molar-refractivity contribution in [2.24, 2.45) is 7.05 Å². The number of amides is 1. The Labute approximate surface area is 186 Å². The van der Waals surface area contributed by atoms with Crippen molar-refractivity contribution in [1.82, 2.24) is 25.1 Å². The summed E-state index contributed by atoms with van der Waals surface area (Å²) in [5.41, 5.74) is -2.56. The number of nitrogens with one attached hydrogen (secondary N) is 1. The van der Waals surface area contributed by atoms with Crippen LogP contribution in [-0.2, 0) is 25.8 Å². The molecular formula is C19H14ClF6N5O2. The van der Waals surface area contributed by atoms with Gasteiger partial charge in [0.25, 0.3) is 5.91 Å². The first-order valence-corrected chi connectivity index (χ1v) is 9.87. The average molecular weight is 494 g/mol. The number of fused-ring (bicyclic) bond motifs is 1. The van der Waals surface area contributed by atoms with E-state index in [2.05, 4.69) is 20.4 Å². The van der Waals surface area contributed by atoms with Gasteiger partial charge in [0, 0.05) is 25.7 Å². The van der Waals surface area contributed by atoms with E-state index in [0.29, 0.717) is 37.2 Å². The largest absolute Gasteiger partial charge is 0.441 e. The van der Waals surface area contributed by atoms with E-state index in [9.17, 15) is 31.1 Å². The van der Waals surface area contributed by atoms with Gasteiger partial charge >= 0.3 is 12.4 Å². The van der Waals surface area contributed by atoms with E-state index < -0.39 is 35.7 Å². The molecule has 0 saturated carbocycles. The molecule has 3 aromatic rings. The predicted molar refractivity (Wildman–Crippen MR) is 101 cm³/mol. The van der Waals surface area contributed by atoms with Crippen molar-refractivity contribution in [3.63, 3.8) is 0 Å². The van der Waals surface area contributed by atoms with Crippen LogP contribution in [0.15, 0.2) is 22.7 Å². The summed E-state index contributed by atoms with van der Waals surface area (Å²) in [7, 11) is 1.20. The number of carbonyl (C=O) groups excluding carboxylic acids is 1. The molecule has 0 radical (unpaired) electrons. The molecule has 7 nitrogen and oxygen atoms in total. The number of oxazole rings is 1. The van der Waals surface area contributed by atoms with Crippen LogP contribution < -0.4 is 5.32 Å². The number of carbonyl (C=O) groups is 1. The van der Waals surface area contributed by atoms with E-state index >= 15 is 0 Å². The van der Waals surface area contributed by atoms with E-state index in [-0.39, 0.29) is 27.9 Å². The van der Waals surface area contributed by atoms with Crippen molar-refractivity contribution in [3.05, 3.63) is 51.9 Å². The number of hydrogen-bond acceptors (Lipinski definition) is 5. The van der Waals surface area contributed by atoms with Crippen LogP contribution in [0.4, 0.5) is 26.3 Å². The van der Waals surface area contributed by atoms with Gasteiger partial charge in [-0.1, -0.05) is 11.6 Å². The minimum absolute atomic E-state index is 0.114. The lowest BCUT2D eigenvalue weighted by Crippen LogP contribution is -2.32. The van der Waals surface area contributed by atoms with Gasteiger partial charge in [-0.3, -0.25) is 14.5 Å². The van der Waals surface area contributed by atoms with Gasteiger partial charge in [-0.05, 0) is 18.9 Å². The lowest BCUT2D eigenvalue weighted by Gasteiger charge is -2.21. The standard InChI is InChI=1S/C19H14ClF6N5O2/c1-31-11(6-14(30-31)19(24,25)26)16(32)28-10-3-2-4-12-15(10)29-17(33-12)8-5-13(18(21,22)23)27-7-9(8)20/h5-7,10H,2-4H2,1H3,(H,28,32)/t10-/m0/s1. The summed E-state index contributed by atoms with van der Waals surface area (Å²) in [5.74, 6) is -0.660. The Hall–Kier alpha value is -3.09. The number of rotatable bonds is 3. The molecule has 3 aromatic heterocycles. The third kappa shape index (κ3) is 4.54. The molecule has 0 saturated heterocycles. The Bertz CT molecular complexity index is 1220. The second kappa shape index (κ2) is 8.04. The Morgan fingerprint density at radius 2 is 1.88 bits per heavy atom. The van der Waals surface area contributed by atoms with Crippen LogP contribution in [0.2, 0.25) is 5.02 Å². The van der Waals surface area contributed by atoms with Crippen molar-refractivity contribution in [3.8, 4) is 11.5 Å². The predicted octanol–water partition coefficient (Wildman–Crippen LogP) is 4.97. The molecule has 0 aromatic carbocycles. The fourth-order valence-corrected chi connectivity index (χ4v) is 3.67. The van der Waals surface area contributed by atoms with E-state index in [4.69, 9.17) is 16.0 Å². The van der Waals surface area contributed by atoms with Gasteiger partial charge < -0.3 is 9.73 Å². The van der Waals surface area contributed by atoms with Crippen LogP contribution in [0, 0.1) is 0 Å². The van der Waals surface area contributed by atoms with Crippen molar-refractivity contribution < 1.29 is 35.6 Å². The molecule has 4 rings (SSSR count). The molecular weight excluding hydrogens is 480 g/mol. The zero-order chi connectivity index (χ0) is 24.1. The van der Waals surface area contributed by atoms with Gasteiger partial charge in [-0.2, -0.15) is 31.4 Å². The number of alkyl halides is 6. The number of hydrogen-bond donors (Lipinski definition) is 1. The Morgan fingerprint density at radius 3 is 2.52 bits per heavy atom. The first kappa shape index (κ1) is 23.1.